The first-order valence-electron chi connectivity index (χ1n) is 9.42. The van der Waals surface area contributed by atoms with Gasteiger partial charge in [-0.25, -0.2) is 0 Å². The Balaban J connectivity index is 1.77. The molecule has 1 unspecified atom stereocenters. The highest BCUT2D eigenvalue weighted by molar-refractivity contribution is 5.96. The number of fused-ring (bicyclic) bond motifs is 1. The summed E-state index contributed by atoms with van der Waals surface area (Å²) in [5, 5.41) is 6.25. The minimum atomic E-state index is -0.339. The summed E-state index contributed by atoms with van der Waals surface area (Å²) in [6.45, 7) is 7.23. The highest BCUT2D eigenvalue weighted by Crippen LogP contribution is 2.41. The first-order chi connectivity index (χ1) is 12.9. The second-order valence-electron chi connectivity index (χ2n) is 7.95. The fraction of sp³-hybridized carbons (Fsp3) is 0.364. The van der Waals surface area contributed by atoms with Crippen LogP contribution in [0.15, 0.2) is 42.5 Å². The second-order valence-corrected chi connectivity index (χ2v) is 7.95. The molecule has 2 amide bonds. The summed E-state index contributed by atoms with van der Waals surface area (Å²) in [6.07, 6.45) is 0.820. The van der Waals surface area contributed by atoms with E-state index in [0.717, 1.165) is 35.3 Å². The van der Waals surface area contributed by atoms with Crippen molar-refractivity contribution in [2.45, 2.75) is 38.8 Å². The van der Waals surface area contributed by atoms with E-state index in [1.165, 1.54) is 5.56 Å². The van der Waals surface area contributed by atoms with Crippen LogP contribution in [0.4, 0.5) is 5.69 Å². The Bertz CT molecular complexity index is 920. The zero-order chi connectivity index (χ0) is 19.2. The van der Waals surface area contributed by atoms with E-state index in [1.807, 2.05) is 29.2 Å². The van der Waals surface area contributed by atoms with Crippen LogP contribution >= 0.6 is 0 Å². The minimum Gasteiger partial charge on any atom is -0.353 e. The number of benzene rings is 2. The van der Waals surface area contributed by atoms with Gasteiger partial charge in [0, 0.05) is 31.2 Å². The van der Waals surface area contributed by atoms with E-state index < -0.39 is 0 Å². The average molecular weight is 363 g/mol. The van der Waals surface area contributed by atoms with Gasteiger partial charge in [-0.15, -0.1) is 0 Å². The third-order valence-electron chi connectivity index (χ3n) is 5.48. The van der Waals surface area contributed by atoms with Crippen molar-refractivity contribution in [3.63, 3.8) is 0 Å². The van der Waals surface area contributed by atoms with E-state index in [1.54, 1.807) is 6.92 Å². The van der Waals surface area contributed by atoms with Crippen molar-refractivity contribution < 1.29 is 9.59 Å². The van der Waals surface area contributed by atoms with Crippen molar-refractivity contribution in [1.82, 2.24) is 10.6 Å². The summed E-state index contributed by atoms with van der Waals surface area (Å²) >= 11 is 0. The molecule has 0 spiro atoms. The number of piperazine rings is 1. The van der Waals surface area contributed by atoms with Crippen LogP contribution < -0.4 is 15.5 Å². The van der Waals surface area contributed by atoms with Gasteiger partial charge in [-0.1, -0.05) is 30.3 Å². The number of carbonyl (C=O) groups is 2. The molecule has 2 aromatic rings. The van der Waals surface area contributed by atoms with Gasteiger partial charge >= 0.3 is 0 Å². The van der Waals surface area contributed by atoms with E-state index in [0.29, 0.717) is 6.54 Å². The van der Waals surface area contributed by atoms with Crippen LogP contribution in [0, 0.1) is 0 Å². The van der Waals surface area contributed by atoms with Crippen LogP contribution in [0.25, 0.3) is 11.1 Å². The number of nitrogens with zero attached hydrogens (tertiary/aromatic N) is 1. The van der Waals surface area contributed by atoms with E-state index in [4.69, 9.17) is 0 Å². The molecular weight excluding hydrogens is 338 g/mol. The summed E-state index contributed by atoms with van der Waals surface area (Å²) in [7, 11) is 0. The minimum absolute atomic E-state index is 0.0127. The fourth-order valence-electron chi connectivity index (χ4n) is 4.44. The Kier molecular flexibility index (Phi) is 4.27. The highest BCUT2D eigenvalue weighted by atomic mass is 16.2. The predicted octanol–water partition coefficient (Wildman–Crippen LogP) is 2.80. The van der Waals surface area contributed by atoms with E-state index >= 15 is 0 Å². The summed E-state index contributed by atoms with van der Waals surface area (Å²) < 4.78 is 0. The van der Waals surface area contributed by atoms with Crippen molar-refractivity contribution in [1.29, 1.82) is 0 Å². The Morgan fingerprint density at radius 1 is 1.15 bits per heavy atom. The number of nitrogens with one attached hydrogen (secondary N) is 2. The number of carbonyl (C=O) groups excluding carboxylic acids is 2. The highest BCUT2D eigenvalue weighted by Gasteiger charge is 2.38. The monoisotopic (exact) mass is 363 g/mol. The Hall–Kier alpha value is -2.66. The van der Waals surface area contributed by atoms with Crippen molar-refractivity contribution in [3.8, 4) is 11.1 Å². The summed E-state index contributed by atoms with van der Waals surface area (Å²) in [6, 6.07) is 13.9. The molecule has 1 saturated heterocycles. The molecule has 4 rings (SSSR count). The lowest BCUT2D eigenvalue weighted by atomic mass is 9.91. The molecule has 0 radical (unpaired) electrons. The maximum absolute atomic E-state index is 12.4. The number of hydrogen-bond acceptors (Lipinski definition) is 3. The quantitative estimate of drug-likeness (QED) is 0.863. The molecule has 2 aromatic carbocycles. The fourth-order valence-corrected chi connectivity index (χ4v) is 4.44. The van der Waals surface area contributed by atoms with Crippen LogP contribution in [0.2, 0.25) is 0 Å². The topological polar surface area (TPSA) is 61.4 Å². The maximum Gasteiger partial charge on any atom is 0.241 e. The van der Waals surface area contributed by atoms with Gasteiger partial charge in [0.25, 0.3) is 0 Å². The molecule has 0 aliphatic carbocycles. The van der Waals surface area contributed by atoms with Gasteiger partial charge in [0.2, 0.25) is 11.8 Å². The van der Waals surface area contributed by atoms with Crippen molar-refractivity contribution in [2.75, 3.05) is 18.0 Å². The van der Waals surface area contributed by atoms with Gasteiger partial charge < -0.3 is 15.5 Å². The molecular formula is C22H25N3O2. The lowest BCUT2D eigenvalue weighted by Crippen LogP contribution is -2.47. The normalized spacial score (nSPS) is 20.9. The van der Waals surface area contributed by atoms with E-state index in [2.05, 4.69) is 42.7 Å². The zero-order valence-electron chi connectivity index (χ0n) is 16.0. The number of hydrogen-bond donors (Lipinski definition) is 2. The first-order valence-corrected chi connectivity index (χ1v) is 9.42. The van der Waals surface area contributed by atoms with E-state index in [9.17, 15) is 9.59 Å². The summed E-state index contributed by atoms with van der Waals surface area (Å²) in [4.78, 5) is 26.4. The van der Waals surface area contributed by atoms with Gasteiger partial charge in [0.1, 0.15) is 6.04 Å². The molecule has 0 aromatic heterocycles. The van der Waals surface area contributed by atoms with Gasteiger partial charge in [0.05, 0.1) is 0 Å². The van der Waals surface area contributed by atoms with Crippen LogP contribution in [-0.4, -0.2) is 30.4 Å². The first kappa shape index (κ1) is 17.7. The average Bonchev–Trinajstić information content (AvgIpc) is 2.91. The molecule has 5 nitrogen and oxygen atoms in total. The van der Waals surface area contributed by atoms with Gasteiger partial charge in [-0.2, -0.15) is 0 Å². The zero-order valence-corrected chi connectivity index (χ0v) is 16.0. The summed E-state index contributed by atoms with van der Waals surface area (Å²) in [5.41, 5.74) is 5.04. The standard InChI is InChI=1S/C22H25N3O2/c1-14(26)25-19-9-8-15(12-16(19)13-22(25,2)3)17-6-4-5-7-18(17)20-21(27)24-11-10-23-20/h4-9,12,20,23H,10-11,13H2,1-3H3,(H,24,27). The van der Waals surface area contributed by atoms with Crippen molar-refractivity contribution in [2.24, 2.45) is 0 Å². The smallest absolute Gasteiger partial charge is 0.241 e. The maximum atomic E-state index is 12.4. The molecule has 140 valence electrons. The summed E-state index contributed by atoms with van der Waals surface area (Å²) in [5.74, 6) is 0.0775. The van der Waals surface area contributed by atoms with Crippen LogP contribution in [0.5, 0.6) is 0 Å². The van der Waals surface area contributed by atoms with Crippen LogP contribution in [0.3, 0.4) is 0 Å². The molecule has 2 aliphatic rings. The number of anilines is 1. The van der Waals surface area contributed by atoms with Gasteiger partial charge in [0.15, 0.2) is 0 Å². The lowest BCUT2D eigenvalue weighted by Gasteiger charge is -2.31. The largest absolute Gasteiger partial charge is 0.353 e. The van der Waals surface area contributed by atoms with E-state index in [-0.39, 0.29) is 23.4 Å². The Labute approximate surface area is 159 Å². The third kappa shape index (κ3) is 3.02. The predicted molar refractivity (Wildman–Crippen MR) is 107 cm³/mol. The molecule has 5 heteroatoms. The second kappa shape index (κ2) is 6.50. The molecule has 2 N–H and O–H groups in total. The SMILES string of the molecule is CC(=O)N1c2ccc(-c3ccccc3C3NCCNC3=O)cc2CC1(C)C. The molecule has 2 heterocycles. The molecule has 27 heavy (non-hydrogen) atoms. The van der Waals surface area contributed by atoms with Gasteiger partial charge in [-0.3, -0.25) is 9.59 Å². The van der Waals surface area contributed by atoms with Crippen LogP contribution in [0.1, 0.15) is 37.9 Å². The lowest BCUT2D eigenvalue weighted by molar-refractivity contribution is -0.124. The van der Waals surface area contributed by atoms with Gasteiger partial charge in [-0.05, 0) is 54.7 Å². The molecule has 0 bridgehead atoms. The Morgan fingerprint density at radius 3 is 2.67 bits per heavy atom. The Morgan fingerprint density at radius 2 is 1.93 bits per heavy atom. The molecule has 0 saturated carbocycles. The number of amides is 2. The molecule has 1 fully saturated rings. The van der Waals surface area contributed by atoms with Crippen molar-refractivity contribution >= 4 is 17.5 Å². The molecule has 1 atom stereocenters. The third-order valence-corrected chi connectivity index (χ3v) is 5.48. The molecule has 2 aliphatic heterocycles. The number of rotatable bonds is 2. The van der Waals surface area contributed by atoms with Crippen molar-refractivity contribution in [3.05, 3.63) is 53.6 Å². The van der Waals surface area contributed by atoms with Crippen LogP contribution in [-0.2, 0) is 16.0 Å².